The van der Waals surface area contributed by atoms with Crippen LogP contribution in [-0.4, -0.2) is 18.2 Å². The van der Waals surface area contributed by atoms with Gasteiger partial charge in [-0.2, -0.15) is 0 Å². The van der Waals surface area contributed by atoms with Crippen molar-refractivity contribution in [2.45, 2.75) is 39.5 Å². The third kappa shape index (κ3) is 2.31. The van der Waals surface area contributed by atoms with Crippen molar-refractivity contribution in [3.05, 3.63) is 52.1 Å². The van der Waals surface area contributed by atoms with Crippen molar-refractivity contribution in [2.75, 3.05) is 6.61 Å². The average molecular weight is 296 g/mol. The van der Waals surface area contributed by atoms with Gasteiger partial charge in [0.15, 0.2) is 0 Å². The zero-order chi connectivity index (χ0) is 15.9. The summed E-state index contributed by atoms with van der Waals surface area (Å²) in [5.74, 6) is 0.0195. The standard InChI is InChI=1S/C19H20O3/c1-11(2)6-4-7-13-10-22-19-12(3)17(20)18(21)15-9-5-8-14(13)16(15)19/h5-6,8-9,13H,4,7,10H2,1-3H3/t13-/m1/s1. The van der Waals surface area contributed by atoms with E-state index in [1.54, 1.807) is 13.0 Å². The summed E-state index contributed by atoms with van der Waals surface area (Å²) >= 11 is 0. The van der Waals surface area contributed by atoms with E-state index in [0.717, 1.165) is 24.0 Å². The Morgan fingerprint density at radius 3 is 2.77 bits per heavy atom. The van der Waals surface area contributed by atoms with E-state index < -0.39 is 11.6 Å². The first-order valence-corrected chi connectivity index (χ1v) is 7.70. The number of allylic oxidation sites excluding steroid dienone is 3. The van der Waals surface area contributed by atoms with Gasteiger partial charge in [-0.1, -0.05) is 29.8 Å². The number of hydrogen-bond acceptors (Lipinski definition) is 3. The van der Waals surface area contributed by atoms with Crippen LogP contribution in [0.4, 0.5) is 0 Å². The van der Waals surface area contributed by atoms with Gasteiger partial charge in [-0.25, -0.2) is 0 Å². The summed E-state index contributed by atoms with van der Waals surface area (Å²) in [6.07, 6.45) is 4.20. The van der Waals surface area contributed by atoms with Gasteiger partial charge in [-0.15, -0.1) is 0 Å². The Morgan fingerprint density at radius 2 is 2.05 bits per heavy atom. The quantitative estimate of drug-likeness (QED) is 0.624. The van der Waals surface area contributed by atoms with E-state index in [4.69, 9.17) is 4.74 Å². The first kappa shape index (κ1) is 14.8. The van der Waals surface area contributed by atoms with E-state index in [1.807, 2.05) is 6.07 Å². The van der Waals surface area contributed by atoms with Crippen LogP contribution in [0.1, 0.15) is 61.0 Å². The zero-order valence-electron chi connectivity index (χ0n) is 13.2. The van der Waals surface area contributed by atoms with Gasteiger partial charge in [0.2, 0.25) is 11.6 Å². The van der Waals surface area contributed by atoms with Crippen LogP contribution in [0.5, 0.6) is 0 Å². The second-order valence-corrected chi connectivity index (χ2v) is 6.25. The maximum Gasteiger partial charge on any atom is 0.234 e. The minimum atomic E-state index is -0.442. The van der Waals surface area contributed by atoms with Crippen molar-refractivity contribution in [1.29, 1.82) is 0 Å². The van der Waals surface area contributed by atoms with Gasteiger partial charge in [0.05, 0.1) is 6.61 Å². The first-order valence-electron chi connectivity index (χ1n) is 7.70. The highest BCUT2D eigenvalue weighted by atomic mass is 16.5. The number of rotatable bonds is 3. The van der Waals surface area contributed by atoms with Crippen molar-refractivity contribution in [2.24, 2.45) is 0 Å². The van der Waals surface area contributed by atoms with Gasteiger partial charge in [0, 0.05) is 22.6 Å². The predicted molar refractivity (Wildman–Crippen MR) is 85.7 cm³/mol. The molecule has 3 rings (SSSR count). The van der Waals surface area contributed by atoms with Crippen molar-refractivity contribution in [1.82, 2.24) is 0 Å². The molecule has 0 amide bonds. The molecular formula is C19H20O3. The molecule has 1 aromatic rings. The summed E-state index contributed by atoms with van der Waals surface area (Å²) in [4.78, 5) is 24.3. The van der Waals surface area contributed by atoms with E-state index in [9.17, 15) is 9.59 Å². The fourth-order valence-electron chi connectivity index (χ4n) is 3.20. The molecule has 0 radical (unpaired) electrons. The molecule has 0 unspecified atom stereocenters. The van der Waals surface area contributed by atoms with Crippen molar-refractivity contribution < 1.29 is 14.3 Å². The van der Waals surface area contributed by atoms with Crippen LogP contribution in [-0.2, 0) is 9.53 Å². The van der Waals surface area contributed by atoms with Crippen LogP contribution in [0.2, 0.25) is 0 Å². The molecule has 3 nitrogen and oxygen atoms in total. The summed E-state index contributed by atoms with van der Waals surface area (Å²) in [5, 5.41) is 0. The van der Waals surface area contributed by atoms with Crippen molar-refractivity contribution in [3.63, 3.8) is 0 Å². The molecule has 0 N–H and O–H groups in total. The largest absolute Gasteiger partial charge is 0.492 e. The van der Waals surface area contributed by atoms with Gasteiger partial charge in [0.25, 0.3) is 0 Å². The third-order valence-corrected chi connectivity index (χ3v) is 4.39. The van der Waals surface area contributed by atoms with Crippen LogP contribution >= 0.6 is 0 Å². The van der Waals surface area contributed by atoms with Gasteiger partial charge in [-0.3, -0.25) is 9.59 Å². The fraction of sp³-hybridized carbons (Fsp3) is 0.368. The second-order valence-electron chi connectivity index (χ2n) is 6.25. The van der Waals surface area contributed by atoms with Crippen molar-refractivity contribution >= 4 is 17.3 Å². The van der Waals surface area contributed by atoms with Gasteiger partial charge >= 0.3 is 0 Å². The van der Waals surface area contributed by atoms with Crippen LogP contribution in [0.15, 0.2) is 35.4 Å². The number of hydrogen-bond donors (Lipinski definition) is 0. The Labute approximate surface area is 130 Å². The number of carbonyl (C=O) groups is 2. The topological polar surface area (TPSA) is 43.4 Å². The van der Waals surface area contributed by atoms with E-state index in [0.29, 0.717) is 23.5 Å². The maximum absolute atomic E-state index is 12.2. The minimum absolute atomic E-state index is 0.267. The Morgan fingerprint density at radius 1 is 1.27 bits per heavy atom. The number of benzene rings is 1. The molecule has 22 heavy (non-hydrogen) atoms. The molecule has 1 aliphatic heterocycles. The number of Topliss-reactive ketones (excluding diaryl/α,β-unsaturated/α-hetero) is 2. The van der Waals surface area contributed by atoms with Crippen molar-refractivity contribution in [3.8, 4) is 0 Å². The Hall–Kier alpha value is -2.16. The van der Waals surface area contributed by atoms with Gasteiger partial charge in [-0.05, 0) is 39.2 Å². The summed E-state index contributed by atoms with van der Waals surface area (Å²) in [6.45, 7) is 6.44. The molecule has 0 saturated carbocycles. The molecule has 0 aromatic heterocycles. The molecular weight excluding hydrogens is 276 g/mol. The highest BCUT2D eigenvalue weighted by molar-refractivity contribution is 6.52. The van der Waals surface area contributed by atoms with Crippen LogP contribution < -0.4 is 0 Å². The lowest BCUT2D eigenvalue weighted by Crippen LogP contribution is -2.28. The van der Waals surface area contributed by atoms with Crippen LogP contribution in [0, 0.1) is 0 Å². The molecule has 1 atom stereocenters. The normalized spacial score (nSPS) is 19.7. The highest BCUT2D eigenvalue weighted by Gasteiger charge is 2.37. The first-order chi connectivity index (χ1) is 10.5. The highest BCUT2D eigenvalue weighted by Crippen LogP contribution is 2.41. The molecule has 114 valence electrons. The number of carbonyl (C=O) groups excluding carboxylic acids is 2. The zero-order valence-corrected chi connectivity index (χ0v) is 13.2. The third-order valence-electron chi connectivity index (χ3n) is 4.39. The number of ether oxygens (including phenoxy) is 1. The van der Waals surface area contributed by atoms with E-state index in [1.165, 1.54) is 5.57 Å². The summed E-state index contributed by atoms with van der Waals surface area (Å²) in [5.41, 5.74) is 4.23. The monoisotopic (exact) mass is 296 g/mol. The second kappa shape index (κ2) is 5.56. The Bertz CT molecular complexity index is 718. The molecule has 1 aliphatic carbocycles. The molecule has 0 fully saturated rings. The van der Waals surface area contributed by atoms with E-state index in [2.05, 4.69) is 26.0 Å². The lowest BCUT2D eigenvalue weighted by atomic mass is 9.80. The molecule has 2 aliphatic rings. The number of ketones is 2. The molecule has 1 aromatic carbocycles. The molecule has 0 bridgehead atoms. The summed E-state index contributed by atoms with van der Waals surface area (Å²) in [6, 6.07) is 5.66. The van der Waals surface area contributed by atoms with Gasteiger partial charge < -0.3 is 4.74 Å². The van der Waals surface area contributed by atoms with E-state index in [-0.39, 0.29) is 5.92 Å². The SMILES string of the molecule is CC(C)=CCC[C@@H]1COC2=C(C)C(=O)C(=O)c3cccc1c32. The molecule has 1 heterocycles. The lowest BCUT2D eigenvalue weighted by molar-refractivity contribution is -0.112. The minimum Gasteiger partial charge on any atom is -0.492 e. The summed E-state index contributed by atoms with van der Waals surface area (Å²) in [7, 11) is 0. The Balaban J connectivity index is 2.03. The van der Waals surface area contributed by atoms with Gasteiger partial charge in [0.1, 0.15) is 5.76 Å². The lowest BCUT2D eigenvalue weighted by Gasteiger charge is -2.32. The molecule has 0 spiro atoms. The fourth-order valence-corrected chi connectivity index (χ4v) is 3.20. The van der Waals surface area contributed by atoms with Crippen LogP contribution in [0.25, 0.3) is 5.76 Å². The average Bonchev–Trinajstić information content (AvgIpc) is 2.51. The van der Waals surface area contributed by atoms with E-state index >= 15 is 0 Å². The maximum atomic E-state index is 12.2. The predicted octanol–water partition coefficient (Wildman–Crippen LogP) is 4.04. The summed E-state index contributed by atoms with van der Waals surface area (Å²) < 4.78 is 5.87. The molecule has 3 heteroatoms. The Kier molecular flexibility index (Phi) is 3.73. The smallest absolute Gasteiger partial charge is 0.234 e. The molecule has 0 saturated heterocycles. The van der Waals surface area contributed by atoms with Crippen LogP contribution in [0.3, 0.4) is 0 Å².